The Morgan fingerprint density at radius 3 is 2.17 bits per heavy atom. The number of carbonyl (C=O) groups excluding carboxylic acids is 1. The fraction of sp³-hybridized carbons (Fsp3) is 0.174. The molecule has 3 rings (SSSR count). The SMILES string of the molecule is Cc1ccc(S(=O)(=O)N(C)C)cc1NC(=O)c1ccccc1N(C)c1ccccc1. The molecular formula is C23H25N3O3S. The van der Waals surface area contributed by atoms with Crippen LogP contribution in [0.4, 0.5) is 17.1 Å². The predicted octanol–water partition coefficient (Wildman–Crippen LogP) is 4.27. The van der Waals surface area contributed by atoms with Crippen LogP contribution in [0.5, 0.6) is 0 Å². The molecule has 0 atom stereocenters. The lowest BCUT2D eigenvalue weighted by molar-refractivity contribution is 0.102. The minimum atomic E-state index is -3.60. The number of hydrogen-bond donors (Lipinski definition) is 1. The topological polar surface area (TPSA) is 69.7 Å². The summed E-state index contributed by atoms with van der Waals surface area (Å²) in [7, 11) is 1.25. The zero-order chi connectivity index (χ0) is 21.9. The molecule has 1 N–H and O–H groups in total. The minimum Gasteiger partial charge on any atom is -0.344 e. The van der Waals surface area contributed by atoms with Crippen LogP contribution in [0.2, 0.25) is 0 Å². The number of benzene rings is 3. The van der Waals surface area contributed by atoms with Gasteiger partial charge in [0.2, 0.25) is 10.0 Å². The van der Waals surface area contributed by atoms with E-state index in [9.17, 15) is 13.2 Å². The summed E-state index contributed by atoms with van der Waals surface area (Å²) in [4.78, 5) is 15.2. The molecule has 0 unspecified atom stereocenters. The van der Waals surface area contributed by atoms with Crippen LogP contribution in [-0.4, -0.2) is 39.8 Å². The van der Waals surface area contributed by atoms with Crippen LogP contribution in [0, 0.1) is 6.92 Å². The number of rotatable bonds is 6. The minimum absolute atomic E-state index is 0.128. The Bertz CT molecular complexity index is 1160. The summed E-state index contributed by atoms with van der Waals surface area (Å²) in [5.41, 5.74) is 3.42. The van der Waals surface area contributed by atoms with Crippen molar-refractivity contribution in [1.29, 1.82) is 0 Å². The summed E-state index contributed by atoms with van der Waals surface area (Å²) < 4.78 is 26.1. The normalized spacial score (nSPS) is 11.4. The lowest BCUT2D eigenvalue weighted by atomic mass is 10.1. The van der Waals surface area contributed by atoms with Crippen molar-refractivity contribution in [2.45, 2.75) is 11.8 Å². The average Bonchev–Trinajstić information content (AvgIpc) is 2.75. The van der Waals surface area contributed by atoms with Crippen LogP contribution in [-0.2, 0) is 10.0 Å². The van der Waals surface area contributed by atoms with E-state index in [0.717, 1.165) is 21.2 Å². The van der Waals surface area contributed by atoms with Crippen molar-refractivity contribution < 1.29 is 13.2 Å². The number of nitrogens with zero attached hydrogens (tertiary/aromatic N) is 2. The van der Waals surface area contributed by atoms with Gasteiger partial charge in [0.25, 0.3) is 5.91 Å². The zero-order valence-corrected chi connectivity index (χ0v) is 18.3. The first-order valence-electron chi connectivity index (χ1n) is 9.44. The number of hydrogen-bond acceptors (Lipinski definition) is 4. The summed E-state index contributed by atoms with van der Waals surface area (Å²) in [6.07, 6.45) is 0. The van der Waals surface area contributed by atoms with Gasteiger partial charge in [0.15, 0.2) is 0 Å². The number of carbonyl (C=O) groups is 1. The van der Waals surface area contributed by atoms with E-state index in [1.807, 2.05) is 61.3 Å². The van der Waals surface area contributed by atoms with E-state index in [-0.39, 0.29) is 10.8 Å². The molecule has 0 heterocycles. The molecule has 3 aromatic carbocycles. The molecular weight excluding hydrogens is 398 g/mol. The van der Waals surface area contributed by atoms with Gasteiger partial charge in [-0.1, -0.05) is 36.4 Å². The van der Waals surface area contributed by atoms with Crippen molar-refractivity contribution in [1.82, 2.24) is 4.31 Å². The maximum Gasteiger partial charge on any atom is 0.257 e. The quantitative estimate of drug-likeness (QED) is 0.643. The van der Waals surface area contributed by atoms with E-state index in [1.165, 1.54) is 26.2 Å². The molecule has 0 saturated carbocycles. The highest BCUT2D eigenvalue weighted by Gasteiger charge is 2.20. The van der Waals surface area contributed by atoms with Gasteiger partial charge in [0, 0.05) is 32.5 Å². The van der Waals surface area contributed by atoms with Gasteiger partial charge < -0.3 is 10.2 Å². The van der Waals surface area contributed by atoms with Gasteiger partial charge in [-0.25, -0.2) is 12.7 Å². The standard InChI is InChI=1S/C23H25N3O3S/c1-17-14-15-19(30(28,29)25(2)3)16-21(17)24-23(27)20-12-8-9-13-22(20)26(4)18-10-6-5-7-11-18/h5-16H,1-4H3,(H,24,27). The summed E-state index contributed by atoms with van der Waals surface area (Å²) in [6, 6.07) is 21.8. The molecule has 0 aliphatic heterocycles. The van der Waals surface area contributed by atoms with Gasteiger partial charge in [-0.05, 0) is 48.9 Å². The molecule has 0 fully saturated rings. The Kier molecular flexibility index (Phi) is 6.24. The fourth-order valence-electron chi connectivity index (χ4n) is 3.05. The molecule has 156 valence electrons. The molecule has 0 saturated heterocycles. The third-order valence-electron chi connectivity index (χ3n) is 4.89. The monoisotopic (exact) mass is 423 g/mol. The van der Waals surface area contributed by atoms with E-state index < -0.39 is 10.0 Å². The van der Waals surface area contributed by atoms with Gasteiger partial charge in [0.1, 0.15) is 0 Å². The number of aryl methyl sites for hydroxylation is 1. The number of anilines is 3. The molecule has 0 aliphatic carbocycles. The van der Waals surface area contributed by atoms with Gasteiger partial charge >= 0.3 is 0 Å². The van der Waals surface area contributed by atoms with E-state index in [0.29, 0.717) is 11.3 Å². The van der Waals surface area contributed by atoms with Gasteiger partial charge in [-0.2, -0.15) is 0 Å². The molecule has 1 amide bonds. The van der Waals surface area contributed by atoms with Gasteiger partial charge in [-0.15, -0.1) is 0 Å². The van der Waals surface area contributed by atoms with Crippen LogP contribution in [0.25, 0.3) is 0 Å². The lowest BCUT2D eigenvalue weighted by Crippen LogP contribution is -2.23. The van der Waals surface area contributed by atoms with E-state index >= 15 is 0 Å². The van der Waals surface area contributed by atoms with Crippen molar-refractivity contribution in [2.24, 2.45) is 0 Å². The van der Waals surface area contributed by atoms with Gasteiger partial charge in [0.05, 0.1) is 16.1 Å². The smallest absolute Gasteiger partial charge is 0.257 e. The molecule has 30 heavy (non-hydrogen) atoms. The number of sulfonamides is 1. The summed E-state index contributed by atoms with van der Waals surface area (Å²) in [6.45, 7) is 1.82. The predicted molar refractivity (Wildman–Crippen MR) is 121 cm³/mol. The van der Waals surface area contributed by atoms with E-state index in [4.69, 9.17) is 0 Å². The molecule has 6 nitrogen and oxygen atoms in total. The van der Waals surface area contributed by atoms with Crippen molar-refractivity contribution in [3.63, 3.8) is 0 Å². The van der Waals surface area contributed by atoms with Crippen molar-refractivity contribution in [3.05, 3.63) is 83.9 Å². The first-order chi connectivity index (χ1) is 14.2. The third-order valence-corrected chi connectivity index (χ3v) is 6.70. The lowest BCUT2D eigenvalue weighted by Gasteiger charge is -2.22. The fourth-order valence-corrected chi connectivity index (χ4v) is 3.97. The molecule has 0 bridgehead atoms. The number of para-hydroxylation sites is 2. The average molecular weight is 424 g/mol. The molecule has 7 heteroatoms. The Hall–Kier alpha value is -3.16. The van der Waals surface area contributed by atoms with E-state index in [1.54, 1.807) is 18.2 Å². The first-order valence-corrected chi connectivity index (χ1v) is 10.9. The zero-order valence-electron chi connectivity index (χ0n) is 17.5. The molecule has 0 spiro atoms. The van der Waals surface area contributed by atoms with Crippen LogP contribution >= 0.6 is 0 Å². The first kappa shape index (κ1) is 21.5. The summed E-state index contributed by atoms with van der Waals surface area (Å²) >= 11 is 0. The number of amides is 1. The highest BCUT2D eigenvalue weighted by molar-refractivity contribution is 7.89. The molecule has 0 aromatic heterocycles. The Labute approximate surface area is 177 Å². The maximum atomic E-state index is 13.1. The second-order valence-corrected chi connectivity index (χ2v) is 9.28. The second kappa shape index (κ2) is 8.69. The van der Waals surface area contributed by atoms with Crippen molar-refractivity contribution in [2.75, 3.05) is 31.4 Å². The maximum absolute atomic E-state index is 13.1. The highest BCUT2D eigenvalue weighted by atomic mass is 32.2. The highest BCUT2D eigenvalue weighted by Crippen LogP contribution is 2.28. The molecule has 3 aromatic rings. The van der Waals surface area contributed by atoms with Crippen molar-refractivity contribution >= 4 is 33.0 Å². The molecule has 0 radical (unpaired) electrons. The van der Waals surface area contributed by atoms with Crippen LogP contribution in [0.1, 0.15) is 15.9 Å². The Balaban J connectivity index is 1.95. The van der Waals surface area contributed by atoms with Crippen molar-refractivity contribution in [3.8, 4) is 0 Å². The Morgan fingerprint density at radius 2 is 1.50 bits per heavy atom. The van der Waals surface area contributed by atoms with Crippen LogP contribution in [0.15, 0.2) is 77.7 Å². The largest absolute Gasteiger partial charge is 0.344 e. The number of nitrogens with one attached hydrogen (secondary N) is 1. The summed E-state index contributed by atoms with van der Waals surface area (Å²) in [5.74, 6) is -0.309. The Morgan fingerprint density at radius 1 is 0.867 bits per heavy atom. The second-order valence-electron chi connectivity index (χ2n) is 7.13. The van der Waals surface area contributed by atoms with Gasteiger partial charge in [-0.3, -0.25) is 4.79 Å². The van der Waals surface area contributed by atoms with E-state index in [2.05, 4.69) is 5.32 Å². The third kappa shape index (κ3) is 4.37. The van der Waals surface area contributed by atoms with Crippen LogP contribution < -0.4 is 10.2 Å². The molecule has 0 aliphatic rings. The summed E-state index contributed by atoms with van der Waals surface area (Å²) in [5, 5.41) is 2.88. The van der Waals surface area contributed by atoms with Crippen LogP contribution in [0.3, 0.4) is 0 Å².